The summed E-state index contributed by atoms with van der Waals surface area (Å²) in [5.74, 6) is 0. The molecule has 12 heavy (non-hydrogen) atoms. The van der Waals surface area contributed by atoms with Crippen LogP contribution >= 0.6 is 0 Å². The van der Waals surface area contributed by atoms with Crippen molar-refractivity contribution in [3.05, 3.63) is 0 Å². The molecule has 0 aromatic heterocycles. The molecule has 0 rings (SSSR count). The third-order valence-electron chi connectivity index (χ3n) is 2.23. The van der Waals surface area contributed by atoms with E-state index >= 15 is 0 Å². The number of nitrogens with zero attached hydrogens (tertiary/aromatic N) is 1. The van der Waals surface area contributed by atoms with Gasteiger partial charge in [-0.1, -0.05) is 20.8 Å². The molecule has 0 fully saturated rings. The Hall–Kier alpha value is -0.370. The Bertz CT molecular complexity index is 106. The van der Waals surface area contributed by atoms with E-state index in [-0.39, 0.29) is 0 Å². The standard InChI is InChI=1S/C10H22NO/c1-4-7-11(10-12,8-5-2)9-6-3/h10H,4-9H2,1-3H3/q+1. The van der Waals surface area contributed by atoms with Gasteiger partial charge in [-0.25, -0.2) is 4.79 Å². The lowest BCUT2D eigenvalue weighted by Gasteiger charge is -2.30. The fourth-order valence-electron chi connectivity index (χ4n) is 1.83. The summed E-state index contributed by atoms with van der Waals surface area (Å²) in [6.07, 6.45) is 4.42. The van der Waals surface area contributed by atoms with Crippen LogP contribution in [0.4, 0.5) is 0 Å². The van der Waals surface area contributed by atoms with Gasteiger partial charge < -0.3 is 0 Å². The maximum Gasteiger partial charge on any atom is 0.301 e. The number of quaternary nitrogens is 1. The number of carbonyl (C=O) groups is 1. The molecule has 2 nitrogen and oxygen atoms in total. The summed E-state index contributed by atoms with van der Waals surface area (Å²) in [6, 6.07) is 0. The first-order chi connectivity index (χ1) is 5.74. The molecular weight excluding hydrogens is 150 g/mol. The summed E-state index contributed by atoms with van der Waals surface area (Å²) in [4.78, 5) is 11.0. The maximum absolute atomic E-state index is 11.0. The summed E-state index contributed by atoms with van der Waals surface area (Å²) < 4.78 is 0.670. The van der Waals surface area contributed by atoms with Gasteiger partial charge in [0, 0.05) is 0 Å². The van der Waals surface area contributed by atoms with E-state index in [0.717, 1.165) is 45.3 Å². The first kappa shape index (κ1) is 11.6. The van der Waals surface area contributed by atoms with Gasteiger partial charge in [-0.05, 0) is 19.3 Å². The van der Waals surface area contributed by atoms with Crippen LogP contribution in [-0.2, 0) is 4.79 Å². The Morgan fingerprint density at radius 1 is 0.917 bits per heavy atom. The smallest absolute Gasteiger partial charge is 0.263 e. The van der Waals surface area contributed by atoms with E-state index in [4.69, 9.17) is 0 Å². The Balaban J connectivity index is 4.16. The molecule has 0 saturated carbocycles. The Kier molecular flexibility index (Phi) is 5.99. The quantitative estimate of drug-likeness (QED) is 0.425. The topological polar surface area (TPSA) is 17.1 Å². The molecule has 0 saturated heterocycles. The molecule has 0 atom stereocenters. The van der Waals surface area contributed by atoms with Gasteiger partial charge in [-0.15, -0.1) is 0 Å². The maximum atomic E-state index is 11.0. The van der Waals surface area contributed by atoms with Crippen molar-refractivity contribution in [2.24, 2.45) is 0 Å². The summed E-state index contributed by atoms with van der Waals surface area (Å²) in [6.45, 7) is 9.44. The molecule has 0 aliphatic carbocycles. The number of hydrogen-bond acceptors (Lipinski definition) is 1. The Labute approximate surface area is 76.2 Å². The van der Waals surface area contributed by atoms with Crippen molar-refractivity contribution in [1.29, 1.82) is 0 Å². The molecule has 2 heteroatoms. The average Bonchev–Trinajstić information content (AvgIpc) is 2.06. The molecule has 0 spiro atoms. The van der Waals surface area contributed by atoms with Crippen molar-refractivity contribution in [3.63, 3.8) is 0 Å². The summed E-state index contributed by atoms with van der Waals surface area (Å²) in [5.41, 5.74) is 0. The summed E-state index contributed by atoms with van der Waals surface area (Å²) in [5, 5.41) is 0. The van der Waals surface area contributed by atoms with Crippen LogP contribution in [0.2, 0.25) is 0 Å². The highest BCUT2D eigenvalue weighted by molar-refractivity contribution is 5.37. The monoisotopic (exact) mass is 172 g/mol. The first-order valence-electron chi connectivity index (χ1n) is 5.06. The first-order valence-corrected chi connectivity index (χ1v) is 5.06. The number of hydrogen-bond donors (Lipinski definition) is 0. The van der Waals surface area contributed by atoms with Crippen LogP contribution < -0.4 is 0 Å². The second kappa shape index (κ2) is 6.18. The van der Waals surface area contributed by atoms with Crippen molar-refractivity contribution in [1.82, 2.24) is 0 Å². The lowest BCUT2D eigenvalue weighted by Crippen LogP contribution is -2.48. The van der Waals surface area contributed by atoms with E-state index in [1.807, 2.05) is 0 Å². The molecule has 0 aromatic carbocycles. The predicted molar refractivity (Wildman–Crippen MR) is 51.8 cm³/mol. The lowest BCUT2D eigenvalue weighted by atomic mass is 10.2. The van der Waals surface area contributed by atoms with Gasteiger partial charge in [0.2, 0.25) is 0 Å². The largest absolute Gasteiger partial charge is 0.301 e. The van der Waals surface area contributed by atoms with Crippen molar-refractivity contribution in [2.75, 3.05) is 19.6 Å². The van der Waals surface area contributed by atoms with Crippen molar-refractivity contribution in [3.8, 4) is 0 Å². The fourth-order valence-corrected chi connectivity index (χ4v) is 1.83. The van der Waals surface area contributed by atoms with E-state index < -0.39 is 0 Å². The zero-order chi connectivity index (χ0) is 9.45. The van der Waals surface area contributed by atoms with Crippen LogP contribution in [0.25, 0.3) is 0 Å². The Morgan fingerprint density at radius 2 is 1.25 bits per heavy atom. The fraction of sp³-hybridized carbons (Fsp3) is 0.900. The van der Waals surface area contributed by atoms with Crippen LogP contribution in [-0.4, -0.2) is 30.5 Å². The van der Waals surface area contributed by atoms with Gasteiger partial charge in [-0.3, -0.25) is 4.48 Å². The highest BCUT2D eigenvalue weighted by atomic mass is 16.1. The van der Waals surface area contributed by atoms with Gasteiger partial charge in [0.15, 0.2) is 0 Å². The molecular formula is C10H22NO+. The van der Waals surface area contributed by atoms with Gasteiger partial charge >= 0.3 is 6.41 Å². The minimum atomic E-state index is 0.670. The average molecular weight is 172 g/mol. The molecule has 0 aliphatic heterocycles. The summed E-state index contributed by atoms with van der Waals surface area (Å²) in [7, 11) is 0. The van der Waals surface area contributed by atoms with Crippen LogP contribution in [0, 0.1) is 0 Å². The van der Waals surface area contributed by atoms with E-state index in [1.54, 1.807) is 0 Å². The van der Waals surface area contributed by atoms with Crippen LogP contribution in [0.3, 0.4) is 0 Å². The van der Waals surface area contributed by atoms with E-state index in [1.165, 1.54) is 0 Å². The molecule has 0 radical (unpaired) electrons. The second-order valence-corrected chi connectivity index (χ2v) is 3.49. The molecule has 0 aliphatic rings. The van der Waals surface area contributed by atoms with Gasteiger partial charge in [-0.2, -0.15) is 0 Å². The summed E-state index contributed by atoms with van der Waals surface area (Å²) >= 11 is 0. The van der Waals surface area contributed by atoms with Crippen molar-refractivity contribution >= 4 is 6.41 Å². The number of amides is 1. The zero-order valence-corrected chi connectivity index (χ0v) is 8.68. The van der Waals surface area contributed by atoms with Crippen LogP contribution in [0.15, 0.2) is 0 Å². The molecule has 72 valence electrons. The highest BCUT2D eigenvalue weighted by Crippen LogP contribution is 2.07. The minimum Gasteiger partial charge on any atom is -0.263 e. The van der Waals surface area contributed by atoms with Gasteiger partial charge in [0.05, 0.1) is 19.6 Å². The zero-order valence-electron chi connectivity index (χ0n) is 8.68. The predicted octanol–water partition coefficient (Wildman–Crippen LogP) is 2.19. The van der Waals surface area contributed by atoms with E-state index in [2.05, 4.69) is 20.8 Å². The van der Waals surface area contributed by atoms with E-state index in [0.29, 0.717) is 4.48 Å². The number of rotatable bonds is 7. The lowest BCUT2D eigenvalue weighted by molar-refractivity contribution is -0.846. The Morgan fingerprint density at radius 3 is 1.42 bits per heavy atom. The van der Waals surface area contributed by atoms with Gasteiger partial charge in [0.25, 0.3) is 0 Å². The molecule has 0 unspecified atom stereocenters. The normalized spacial score (nSPS) is 11.6. The SMILES string of the molecule is CCC[N+](C=O)(CCC)CCC. The second-order valence-electron chi connectivity index (χ2n) is 3.49. The molecule has 0 bridgehead atoms. The third kappa shape index (κ3) is 3.35. The number of carbonyl (C=O) groups excluding carboxylic acids is 1. The van der Waals surface area contributed by atoms with Crippen LogP contribution in [0.1, 0.15) is 40.0 Å². The molecule has 0 N–H and O–H groups in total. The van der Waals surface area contributed by atoms with Gasteiger partial charge in [0.1, 0.15) is 0 Å². The molecule has 0 heterocycles. The van der Waals surface area contributed by atoms with Crippen molar-refractivity contribution in [2.45, 2.75) is 40.0 Å². The minimum absolute atomic E-state index is 0.670. The molecule has 0 aromatic rings. The highest BCUT2D eigenvalue weighted by Gasteiger charge is 2.23. The van der Waals surface area contributed by atoms with E-state index in [9.17, 15) is 4.79 Å². The molecule has 1 amide bonds. The van der Waals surface area contributed by atoms with Crippen molar-refractivity contribution < 1.29 is 9.28 Å². The third-order valence-corrected chi connectivity index (χ3v) is 2.23. The van der Waals surface area contributed by atoms with Crippen LogP contribution in [0.5, 0.6) is 0 Å².